The van der Waals surface area contributed by atoms with E-state index in [2.05, 4.69) is 10.2 Å². The number of rotatable bonds is 2. The van der Waals surface area contributed by atoms with Gasteiger partial charge in [-0.2, -0.15) is 5.11 Å². The van der Waals surface area contributed by atoms with E-state index >= 15 is 0 Å². The molecule has 0 fully saturated rings. The van der Waals surface area contributed by atoms with Gasteiger partial charge in [-0.05, 0) is 23.6 Å². The van der Waals surface area contributed by atoms with Crippen LogP contribution in [0.25, 0.3) is 10.8 Å². The first-order valence-corrected chi connectivity index (χ1v) is 11.7. The van der Waals surface area contributed by atoms with Crippen LogP contribution in [0.2, 0.25) is 0 Å². The molecule has 1 heterocycles. The molecule has 0 radical (unpaired) electrons. The third-order valence-corrected chi connectivity index (χ3v) is 5.21. The van der Waals surface area contributed by atoms with Crippen LogP contribution in [0.1, 0.15) is 0 Å². The van der Waals surface area contributed by atoms with Crippen molar-refractivity contribution in [1.82, 2.24) is 0 Å². The zero-order valence-electron chi connectivity index (χ0n) is 19.7. The molecule has 3 aromatic rings. The van der Waals surface area contributed by atoms with E-state index in [1.165, 1.54) is 0 Å². The number of hydrogen-bond acceptors (Lipinski definition) is 9. The summed E-state index contributed by atoms with van der Waals surface area (Å²) in [4.78, 5) is 0. The highest BCUT2D eigenvalue weighted by atomic mass is 16.6. The Morgan fingerprint density at radius 1 is 0.571 bits per heavy atom. The van der Waals surface area contributed by atoms with Gasteiger partial charge >= 0.3 is 0 Å². The second kappa shape index (κ2) is 13.6. The zero-order chi connectivity index (χ0) is 24.1. The second-order valence-electron chi connectivity index (χ2n) is 7.70. The molecule has 0 atom stereocenters. The van der Waals surface area contributed by atoms with Gasteiger partial charge in [-0.3, -0.25) is 0 Å². The first-order valence-electron chi connectivity index (χ1n) is 11.7. The van der Waals surface area contributed by atoms with Gasteiger partial charge in [0, 0.05) is 11.5 Å². The normalized spacial score (nSPS) is 17.1. The molecule has 9 heteroatoms. The molecule has 0 saturated carbocycles. The number of nitrogens with two attached hydrogens (primary N) is 1. The molecule has 9 nitrogen and oxygen atoms in total. The molecular formula is C26H31N3O6. The summed E-state index contributed by atoms with van der Waals surface area (Å²) in [6.07, 6.45) is 0. The fourth-order valence-electron chi connectivity index (χ4n) is 3.47. The Balaban J connectivity index is 1.47. The van der Waals surface area contributed by atoms with E-state index in [1.807, 2.05) is 48.5 Å². The van der Waals surface area contributed by atoms with Gasteiger partial charge in [-0.25, -0.2) is 0 Å². The second-order valence-corrected chi connectivity index (χ2v) is 7.70. The number of azo groups is 1. The van der Waals surface area contributed by atoms with E-state index in [4.69, 9.17) is 34.2 Å². The third-order valence-electron chi connectivity index (χ3n) is 5.21. The van der Waals surface area contributed by atoms with Crippen molar-refractivity contribution in [3.63, 3.8) is 0 Å². The number of ether oxygens (including phenoxy) is 6. The van der Waals surface area contributed by atoms with Crippen LogP contribution in [0.3, 0.4) is 0 Å². The fraction of sp³-hybridized carbons (Fsp3) is 0.385. The number of nitrogens with zero attached hydrogens (tertiary/aromatic N) is 2. The smallest absolute Gasteiger partial charge is 0.163 e. The third kappa shape index (κ3) is 7.63. The lowest BCUT2D eigenvalue weighted by Gasteiger charge is -2.14. The lowest BCUT2D eigenvalue weighted by molar-refractivity contribution is -0.00841. The Labute approximate surface area is 204 Å². The minimum Gasteiger partial charge on any atom is -0.487 e. The maximum Gasteiger partial charge on any atom is 0.163 e. The van der Waals surface area contributed by atoms with Gasteiger partial charge < -0.3 is 34.2 Å². The molecule has 1 aliphatic heterocycles. The molecule has 3 aromatic carbocycles. The molecule has 0 spiro atoms. The highest BCUT2D eigenvalue weighted by Gasteiger charge is 2.09. The summed E-state index contributed by atoms with van der Waals surface area (Å²) in [6.45, 7) is 4.63. The number of fused-ring (bicyclic) bond motifs is 2. The Bertz CT molecular complexity index is 1110. The van der Waals surface area contributed by atoms with Crippen LogP contribution < -0.4 is 15.2 Å². The molecule has 4 rings (SSSR count). The summed E-state index contributed by atoms with van der Waals surface area (Å²) in [5, 5.41) is 10.9. The Morgan fingerprint density at radius 2 is 1.17 bits per heavy atom. The van der Waals surface area contributed by atoms with Crippen molar-refractivity contribution in [2.45, 2.75) is 0 Å². The standard InChI is InChI=1S/C26H31N3O6/c27-23-7-5-20-3-1-2-4-22(20)26(23)29-28-21-6-8-24-25(19-21)35-18-16-33-14-12-31-10-9-30-11-13-32-15-17-34-24/h1-8,19H,9-18,27H2. The number of anilines is 1. The minimum absolute atomic E-state index is 0.354. The Kier molecular flexibility index (Phi) is 9.66. The summed E-state index contributed by atoms with van der Waals surface area (Å²) in [7, 11) is 0. The molecule has 0 aliphatic carbocycles. The molecule has 0 aromatic heterocycles. The minimum atomic E-state index is 0.354. The van der Waals surface area contributed by atoms with E-state index in [0.29, 0.717) is 94.6 Å². The van der Waals surface area contributed by atoms with Gasteiger partial charge in [0.15, 0.2) is 11.5 Å². The van der Waals surface area contributed by atoms with E-state index in [1.54, 1.807) is 6.07 Å². The van der Waals surface area contributed by atoms with Gasteiger partial charge in [-0.15, -0.1) is 5.11 Å². The highest BCUT2D eigenvalue weighted by molar-refractivity contribution is 5.97. The molecule has 0 unspecified atom stereocenters. The molecular weight excluding hydrogens is 450 g/mol. The van der Waals surface area contributed by atoms with Crippen LogP contribution in [0.5, 0.6) is 11.5 Å². The zero-order valence-corrected chi connectivity index (χ0v) is 19.7. The van der Waals surface area contributed by atoms with Crippen molar-refractivity contribution in [3.05, 3.63) is 54.6 Å². The predicted octanol–water partition coefficient (Wildman–Crippen LogP) is 4.68. The van der Waals surface area contributed by atoms with Crippen LogP contribution in [0, 0.1) is 0 Å². The first-order chi connectivity index (χ1) is 17.3. The van der Waals surface area contributed by atoms with E-state index < -0.39 is 0 Å². The first kappa shape index (κ1) is 24.9. The lowest BCUT2D eigenvalue weighted by Crippen LogP contribution is -2.15. The van der Waals surface area contributed by atoms with Gasteiger partial charge in [0.05, 0.1) is 64.2 Å². The number of hydrogen-bond donors (Lipinski definition) is 1. The maximum atomic E-state index is 6.18. The maximum absolute atomic E-state index is 6.18. The molecule has 0 saturated heterocycles. The van der Waals surface area contributed by atoms with Gasteiger partial charge in [-0.1, -0.05) is 30.3 Å². The van der Waals surface area contributed by atoms with Crippen LogP contribution in [0.4, 0.5) is 17.1 Å². The summed E-state index contributed by atoms with van der Waals surface area (Å²) in [6, 6.07) is 17.2. The number of nitrogen functional groups attached to an aromatic ring is 1. The van der Waals surface area contributed by atoms with Crippen molar-refractivity contribution >= 4 is 27.8 Å². The monoisotopic (exact) mass is 481 g/mol. The summed E-state index contributed by atoms with van der Waals surface area (Å²) in [5.74, 6) is 1.15. The van der Waals surface area contributed by atoms with Crippen LogP contribution >= 0.6 is 0 Å². The Morgan fingerprint density at radius 3 is 1.86 bits per heavy atom. The van der Waals surface area contributed by atoms with E-state index in [0.717, 1.165) is 10.8 Å². The van der Waals surface area contributed by atoms with E-state index in [9.17, 15) is 0 Å². The molecule has 2 N–H and O–H groups in total. The highest BCUT2D eigenvalue weighted by Crippen LogP contribution is 2.36. The summed E-state index contributed by atoms with van der Waals surface area (Å²) in [5.41, 5.74) is 8.00. The molecule has 0 amide bonds. The lowest BCUT2D eigenvalue weighted by atomic mass is 10.1. The molecule has 186 valence electrons. The quantitative estimate of drug-likeness (QED) is 0.419. The Hall–Kier alpha value is -3.24. The van der Waals surface area contributed by atoms with Crippen molar-refractivity contribution in [3.8, 4) is 11.5 Å². The van der Waals surface area contributed by atoms with Crippen molar-refractivity contribution in [2.75, 3.05) is 71.8 Å². The molecule has 1 aliphatic rings. The van der Waals surface area contributed by atoms with Gasteiger partial charge in [0.25, 0.3) is 0 Å². The van der Waals surface area contributed by atoms with Crippen molar-refractivity contribution in [1.29, 1.82) is 0 Å². The van der Waals surface area contributed by atoms with Crippen LogP contribution in [-0.4, -0.2) is 66.1 Å². The summed E-state index contributed by atoms with van der Waals surface area (Å²) >= 11 is 0. The van der Waals surface area contributed by atoms with Crippen LogP contribution in [0.15, 0.2) is 64.8 Å². The van der Waals surface area contributed by atoms with Crippen LogP contribution in [-0.2, 0) is 18.9 Å². The average molecular weight is 482 g/mol. The summed E-state index contributed by atoms with van der Waals surface area (Å²) < 4.78 is 33.9. The van der Waals surface area contributed by atoms with E-state index in [-0.39, 0.29) is 0 Å². The van der Waals surface area contributed by atoms with Crippen molar-refractivity contribution < 1.29 is 28.4 Å². The van der Waals surface area contributed by atoms with Crippen molar-refractivity contribution in [2.24, 2.45) is 10.2 Å². The van der Waals surface area contributed by atoms with Gasteiger partial charge in [0.1, 0.15) is 18.9 Å². The molecule has 0 bridgehead atoms. The average Bonchev–Trinajstić information content (AvgIpc) is 2.88. The molecule has 35 heavy (non-hydrogen) atoms. The predicted molar refractivity (Wildman–Crippen MR) is 133 cm³/mol. The van der Waals surface area contributed by atoms with Gasteiger partial charge in [0.2, 0.25) is 0 Å². The largest absolute Gasteiger partial charge is 0.487 e. The number of benzene rings is 3. The fourth-order valence-corrected chi connectivity index (χ4v) is 3.47. The topological polar surface area (TPSA) is 106 Å². The SMILES string of the molecule is Nc1ccc2ccccc2c1N=Nc1ccc2c(c1)OCCOCCOCCOCCOCCO2.